The van der Waals surface area contributed by atoms with Crippen molar-refractivity contribution in [3.05, 3.63) is 64.7 Å². The van der Waals surface area contributed by atoms with Crippen LogP contribution in [0.3, 0.4) is 0 Å². The van der Waals surface area contributed by atoms with Crippen LogP contribution in [0.5, 0.6) is 5.75 Å². The highest BCUT2D eigenvalue weighted by Gasteiger charge is 2.37. The Hall–Kier alpha value is -2.30. The topological polar surface area (TPSA) is 64.7 Å². The van der Waals surface area contributed by atoms with Crippen LogP contribution in [-0.2, 0) is 29.3 Å². The Labute approximate surface area is 169 Å². The van der Waals surface area contributed by atoms with E-state index in [0.29, 0.717) is 23.4 Å². The molecule has 0 radical (unpaired) electrons. The van der Waals surface area contributed by atoms with Crippen LogP contribution in [-0.4, -0.2) is 18.4 Å². The van der Waals surface area contributed by atoms with Crippen molar-refractivity contribution < 1.29 is 40.9 Å². The van der Waals surface area contributed by atoms with Crippen molar-refractivity contribution >= 4 is 0 Å². The summed E-state index contributed by atoms with van der Waals surface area (Å²) in [6.45, 7) is 0.860. The molecule has 0 amide bonds. The molecule has 10 heteroatoms. The van der Waals surface area contributed by atoms with Gasteiger partial charge in [0.05, 0.1) is 30.4 Å². The van der Waals surface area contributed by atoms with Gasteiger partial charge in [-0.15, -0.1) is 0 Å². The molecule has 3 N–H and O–H groups in total. The third-order valence-corrected chi connectivity index (χ3v) is 4.40. The molecule has 0 aliphatic carbocycles. The Bertz CT molecular complexity index is 832. The van der Waals surface area contributed by atoms with Crippen LogP contribution < -0.4 is 10.5 Å². The van der Waals surface area contributed by atoms with E-state index in [1.165, 1.54) is 14.0 Å². The van der Waals surface area contributed by atoms with Gasteiger partial charge in [-0.05, 0) is 48.4 Å². The summed E-state index contributed by atoms with van der Waals surface area (Å²) in [5, 5.41) is 10.7. The summed E-state index contributed by atoms with van der Waals surface area (Å²) in [6, 6.07) is 7.70. The number of hydrogen-bond donors (Lipinski definition) is 2. The molecule has 0 aliphatic rings. The van der Waals surface area contributed by atoms with Gasteiger partial charge < -0.3 is 20.3 Å². The molecule has 0 bridgehead atoms. The van der Waals surface area contributed by atoms with Crippen molar-refractivity contribution in [2.75, 3.05) is 7.11 Å². The minimum atomic E-state index is -4.95. The van der Waals surface area contributed by atoms with E-state index >= 15 is 0 Å². The number of benzene rings is 2. The van der Waals surface area contributed by atoms with Gasteiger partial charge in [0, 0.05) is 6.42 Å². The summed E-state index contributed by atoms with van der Waals surface area (Å²) in [5.74, 6) is 0.492. The highest BCUT2D eigenvalue weighted by molar-refractivity contribution is 5.34. The van der Waals surface area contributed by atoms with Crippen LogP contribution in [0.2, 0.25) is 0 Å². The van der Waals surface area contributed by atoms with Crippen LogP contribution in [0.25, 0.3) is 0 Å². The van der Waals surface area contributed by atoms with Crippen molar-refractivity contribution in [2.45, 2.75) is 44.1 Å². The normalized spacial score (nSPS) is 15.5. The Morgan fingerprint density at radius 2 is 1.50 bits per heavy atom. The lowest BCUT2D eigenvalue weighted by molar-refractivity contribution is -0.143. The molecular formula is C20H21F6NO3. The lowest BCUT2D eigenvalue weighted by Crippen LogP contribution is -2.34. The van der Waals surface area contributed by atoms with E-state index in [-0.39, 0.29) is 18.1 Å². The van der Waals surface area contributed by atoms with Gasteiger partial charge >= 0.3 is 12.4 Å². The van der Waals surface area contributed by atoms with Crippen molar-refractivity contribution in [3.8, 4) is 5.75 Å². The number of alkyl halides is 6. The van der Waals surface area contributed by atoms with Gasteiger partial charge in [0.25, 0.3) is 0 Å². The maximum absolute atomic E-state index is 12.9. The number of halogens is 6. The molecule has 0 aromatic heterocycles. The number of ether oxygens (including phenoxy) is 2. The molecule has 2 unspecified atom stereocenters. The highest BCUT2D eigenvalue weighted by atomic mass is 19.4. The molecule has 0 spiro atoms. The van der Waals surface area contributed by atoms with Crippen molar-refractivity contribution in [2.24, 2.45) is 5.73 Å². The fourth-order valence-electron chi connectivity index (χ4n) is 2.83. The predicted octanol–water partition coefficient (Wildman–Crippen LogP) is 4.83. The van der Waals surface area contributed by atoms with E-state index in [1.807, 2.05) is 0 Å². The lowest BCUT2D eigenvalue weighted by atomic mass is 9.91. The van der Waals surface area contributed by atoms with Gasteiger partial charge in [-0.1, -0.05) is 12.1 Å². The second kappa shape index (κ2) is 8.83. The third-order valence-electron chi connectivity index (χ3n) is 4.40. The van der Waals surface area contributed by atoms with E-state index < -0.39 is 41.9 Å². The number of methoxy groups -OCH3 is 1. The molecule has 2 atom stereocenters. The Morgan fingerprint density at radius 1 is 0.933 bits per heavy atom. The third kappa shape index (κ3) is 6.35. The quantitative estimate of drug-likeness (QED) is 0.481. The van der Waals surface area contributed by atoms with Crippen LogP contribution in [0.1, 0.15) is 35.6 Å². The van der Waals surface area contributed by atoms with Crippen molar-refractivity contribution in [1.82, 2.24) is 0 Å². The first-order chi connectivity index (χ1) is 13.7. The van der Waals surface area contributed by atoms with Crippen molar-refractivity contribution in [3.63, 3.8) is 0 Å². The average molecular weight is 437 g/mol. The summed E-state index contributed by atoms with van der Waals surface area (Å²) >= 11 is 0. The summed E-state index contributed by atoms with van der Waals surface area (Å²) in [5.41, 5.74) is 1.58. The maximum atomic E-state index is 12.9. The first-order valence-corrected chi connectivity index (χ1v) is 8.75. The minimum Gasteiger partial charge on any atom is -0.497 e. The summed E-state index contributed by atoms with van der Waals surface area (Å²) in [6.07, 6.45) is -11.2. The van der Waals surface area contributed by atoms with E-state index in [9.17, 15) is 31.4 Å². The summed E-state index contributed by atoms with van der Waals surface area (Å²) in [4.78, 5) is 0. The number of aliphatic hydroxyl groups is 1. The van der Waals surface area contributed by atoms with Gasteiger partial charge in [0.15, 0.2) is 0 Å². The molecule has 0 aliphatic heterocycles. The Morgan fingerprint density at radius 3 is 2.00 bits per heavy atom. The Balaban J connectivity index is 2.14. The standard InChI is InChI=1S/C20H21F6NO3/c1-18(28,13-4-3-5-16(9-13)29-2)10-17(27)30-11-12-6-14(19(21,22)23)8-15(7-12)20(24,25)26/h3-9,17,28H,10-11,27H2,1-2H3. The molecule has 2 rings (SSSR count). The number of hydrogen-bond acceptors (Lipinski definition) is 4. The van der Waals surface area contributed by atoms with E-state index in [4.69, 9.17) is 15.2 Å². The minimum absolute atomic E-state index is 0.0387. The van der Waals surface area contributed by atoms with Gasteiger partial charge in [0.1, 0.15) is 12.0 Å². The zero-order valence-corrected chi connectivity index (χ0v) is 16.1. The van der Waals surface area contributed by atoms with E-state index in [0.717, 1.165) is 0 Å². The molecule has 30 heavy (non-hydrogen) atoms. The van der Waals surface area contributed by atoms with Gasteiger partial charge in [-0.2, -0.15) is 26.3 Å². The van der Waals surface area contributed by atoms with Gasteiger partial charge in [0.2, 0.25) is 0 Å². The summed E-state index contributed by atoms with van der Waals surface area (Å²) in [7, 11) is 1.45. The van der Waals surface area contributed by atoms with Crippen LogP contribution in [0.4, 0.5) is 26.3 Å². The van der Waals surface area contributed by atoms with Crippen LogP contribution >= 0.6 is 0 Å². The maximum Gasteiger partial charge on any atom is 0.416 e. The average Bonchev–Trinajstić information content (AvgIpc) is 2.64. The van der Waals surface area contributed by atoms with Crippen LogP contribution in [0, 0.1) is 0 Å². The first kappa shape index (κ1) is 24.0. The molecule has 4 nitrogen and oxygen atoms in total. The molecule has 166 valence electrons. The first-order valence-electron chi connectivity index (χ1n) is 8.75. The molecule has 0 fully saturated rings. The monoisotopic (exact) mass is 437 g/mol. The fraction of sp³-hybridized carbons (Fsp3) is 0.400. The molecule has 2 aromatic carbocycles. The predicted molar refractivity (Wildman–Crippen MR) is 96.4 cm³/mol. The second-order valence-electron chi connectivity index (χ2n) is 6.97. The number of nitrogens with two attached hydrogens (primary N) is 1. The van der Waals surface area contributed by atoms with E-state index in [1.54, 1.807) is 24.3 Å². The second-order valence-corrected chi connectivity index (χ2v) is 6.97. The van der Waals surface area contributed by atoms with Gasteiger partial charge in [-0.3, -0.25) is 0 Å². The zero-order valence-electron chi connectivity index (χ0n) is 16.1. The molecule has 2 aromatic rings. The lowest BCUT2D eigenvalue weighted by Gasteiger charge is -2.27. The van der Waals surface area contributed by atoms with Crippen molar-refractivity contribution in [1.29, 1.82) is 0 Å². The molecule has 0 heterocycles. The van der Waals surface area contributed by atoms with E-state index in [2.05, 4.69) is 0 Å². The largest absolute Gasteiger partial charge is 0.497 e. The zero-order chi connectivity index (χ0) is 22.7. The smallest absolute Gasteiger partial charge is 0.416 e. The summed E-state index contributed by atoms with van der Waals surface area (Å²) < 4.78 is 87.9. The fourth-order valence-corrected chi connectivity index (χ4v) is 2.83. The highest BCUT2D eigenvalue weighted by Crippen LogP contribution is 2.36. The number of rotatable bonds is 7. The van der Waals surface area contributed by atoms with Crippen LogP contribution in [0.15, 0.2) is 42.5 Å². The van der Waals surface area contributed by atoms with Gasteiger partial charge in [-0.25, -0.2) is 0 Å². The SMILES string of the molecule is COc1cccc(C(C)(O)CC(N)OCc2cc(C(F)(F)F)cc(C(F)(F)F)c2)c1. The Kier molecular flexibility index (Phi) is 7.05. The molecule has 0 saturated carbocycles. The molecular weight excluding hydrogens is 416 g/mol. The molecule has 0 saturated heterocycles.